The number of esters is 1. The quantitative estimate of drug-likeness (QED) is 0.566. The van der Waals surface area contributed by atoms with Crippen LogP contribution in [-0.2, 0) is 9.53 Å². The van der Waals surface area contributed by atoms with Crippen molar-refractivity contribution in [3.05, 3.63) is 0 Å². The highest BCUT2D eigenvalue weighted by molar-refractivity contribution is 5.68. The van der Waals surface area contributed by atoms with Crippen LogP contribution in [0.15, 0.2) is 0 Å². The van der Waals surface area contributed by atoms with E-state index in [1.165, 1.54) is 6.92 Å². The Kier molecular flexibility index (Phi) is 3.18. The van der Waals surface area contributed by atoms with Gasteiger partial charge in [-0.2, -0.15) is 13.2 Å². The largest absolute Gasteiger partial charge is 0.456 e. The van der Waals surface area contributed by atoms with E-state index in [0.29, 0.717) is 0 Å². The number of carbonyl (C=O) groups excluding carboxylic acids is 1. The van der Waals surface area contributed by atoms with Crippen molar-refractivity contribution in [1.29, 1.82) is 0 Å². The predicted octanol–water partition coefficient (Wildman–Crippen LogP) is 1.50. The summed E-state index contributed by atoms with van der Waals surface area (Å²) in [7, 11) is 0. The molecule has 0 bridgehead atoms. The zero-order valence-corrected chi connectivity index (χ0v) is 5.36. The molecule has 60 valence electrons. The van der Waals surface area contributed by atoms with E-state index in [2.05, 4.69) is 4.74 Å². The number of rotatable bonds is 2. The molecule has 0 saturated heterocycles. The number of halogens is 3. The minimum Gasteiger partial charge on any atom is -0.456 e. The second-order valence-corrected chi connectivity index (χ2v) is 1.63. The molecule has 0 amide bonds. The Morgan fingerprint density at radius 1 is 1.50 bits per heavy atom. The summed E-state index contributed by atoms with van der Waals surface area (Å²) in [5.74, 6) is -0.836. The van der Waals surface area contributed by atoms with Crippen LogP contribution in [0, 0.1) is 0 Å². The fourth-order valence-corrected chi connectivity index (χ4v) is 0.264. The van der Waals surface area contributed by atoms with Crippen molar-refractivity contribution in [2.24, 2.45) is 0 Å². The normalized spacial score (nSPS) is 11.2. The van der Waals surface area contributed by atoms with Crippen LogP contribution in [0.5, 0.6) is 0 Å². The van der Waals surface area contributed by atoms with E-state index in [4.69, 9.17) is 0 Å². The molecule has 0 heterocycles. The predicted molar refractivity (Wildman–Crippen MR) is 27.3 cm³/mol. The molecule has 0 saturated carbocycles. The molecule has 0 unspecified atom stereocenters. The number of carbonyl (C=O) groups is 1. The molecule has 2 nitrogen and oxygen atoms in total. The first kappa shape index (κ1) is 9.26. The summed E-state index contributed by atoms with van der Waals surface area (Å²) in [4.78, 5) is 10.1. The van der Waals surface area contributed by atoms with E-state index in [1.54, 1.807) is 0 Å². The van der Waals surface area contributed by atoms with Crippen LogP contribution in [0.4, 0.5) is 13.2 Å². The highest BCUT2D eigenvalue weighted by Crippen LogP contribution is 2.14. The van der Waals surface area contributed by atoms with E-state index in [-0.39, 0.29) is 6.42 Å². The molecule has 0 aliphatic carbocycles. The Hall–Kier alpha value is -0.740. The first-order valence-corrected chi connectivity index (χ1v) is 2.68. The summed E-state index contributed by atoms with van der Waals surface area (Å²) in [5, 5.41) is 0. The molecule has 0 spiro atoms. The molecule has 0 N–H and O–H groups in total. The van der Waals surface area contributed by atoms with Crippen LogP contribution in [0.3, 0.4) is 0 Å². The third-order valence-corrected chi connectivity index (χ3v) is 0.685. The van der Waals surface area contributed by atoms with Crippen molar-refractivity contribution in [2.75, 3.05) is 6.61 Å². The fraction of sp³-hybridized carbons (Fsp3) is 0.800. The Bertz CT molecular complexity index is 119. The minimum absolute atomic E-state index is 0.0317. The summed E-state index contributed by atoms with van der Waals surface area (Å²) < 4.78 is 37.6. The molecule has 10 heavy (non-hydrogen) atoms. The van der Waals surface area contributed by atoms with Gasteiger partial charge in [0.1, 0.15) is 0 Å². The van der Waals surface area contributed by atoms with Gasteiger partial charge in [0.15, 0.2) is 6.61 Å². The fourth-order valence-electron chi connectivity index (χ4n) is 0.264. The molecule has 0 aromatic heterocycles. The Morgan fingerprint density at radius 2 is 2.00 bits per heavy atom. The Labute approximate surface area is 56.0 Å². The highest BCUT2D eigenvalue weighted by Gasteiger charge is 2.29. The molecule has 0 radical (unpaired) electrons. The molecule has 0 aromatic carbocycles. The number of hydrogen-bond donors (Lipinski definition) is 0. The van der Waals surface area contributed by atoms with E-state index in [0.717, 1.165) is 0 Å². The van der Waals surface area contributed by atoms with Gasteiger partial charge in [0.05, 0.1) is 0 Å². The van der Waals surface area contributed by atoms with Crippen molar-refractivity contribution in [3.8, 4) is 0 Å². The van der Waals surface area contributed by atoms with Crippen LogP contribution in [0.1, 0.15) is 13.3 Å². The van der Waals surface area contributed by atoms with Crippen molar-refractivity contribution in [3.63, 3.8) is 0 Å². The molecular formula is C5H7F3O2. The van der Waals surface area contributed by atoms with Crippen LogP contribution in [0.2, 0.25) is 0 Å². The molecule has 0 atom stereocenters. The van der Waals surface area contributed by atoms with Crippen LogP contribution in [-0.4, -0.2) is 18.8 Å². The van der Waals surface area contributed by atoms with Gasteiger partial charge in [0, 0.05) is 6.42 Å². The molecule has 0 aromatic rings. The zero-order chi connectivity index (χ0) is 8.20. The Balaban J connectivity index is 3.46. The van der Waals surface area contributed by atoms with Crippen molar-refractivity contribution >= 4 is 5.97 Å². The van der Waals surface area contributed by atoms with Crippen LogP contribution in [0.25, 0.3) is 0 Å². The average molecular weight is 156 g/mol. The zero-order valence-electron chi connectivity index (χ0n) is 5.36. The number of alkyl halides is 3. The van der Waals surface area contributed by atoms with Gasteiger partial charge in [-0.05, 0) is 0 Å². The summed E-state index contributed by atoms with van der Waals surface area (Å²) in [6, 6.07) is 0. The summed E-state index contributed by atoms with van der Waals surface area (Å²) in [6.07, 6.45) is -4.44. The van der Waals surface area contributed by atoms with Gasteiger partial charge in [0.25, 0.3) is 0 Å². The van der Waals surface area contributed by atoms with Gasteiger partial charge in [0.2, 0.25) is 0 Å². The second kappa shape index (κ2) is 3.43. The third-order valence-electron chi connectivity index (χ3n) is 0.685. The maximum Gasteiger partial charge on any atom is 0.422 e. The van der Waals surface area contributed by atoms with Gasteiger partial charge in [-0.15, -0.1) is 0 Å². The Morgan fingerprint density at radius 3 is 2.30 bits per heavy atom. The maximum atomic E-state index is 11.3. The smallest absolute Gasteiger partial charge is 0.422 e. The van der Waals surface area contributed by atoms with E-state index in [1.807, 2.05) is 0 Å². The molecule has 0 rings (SSSR count). The molecule has 0 aliphatic heterocycles. The van der Waals surface area contributed by atoms with E-state index < -0.39 is 18.8 Å². The van der Waals surface area contributed by atoms with E-state index >= 15 is 0 Å². The lowest BCUT2D eigenvalue weighted by Gasteiger charge is -2.05. The van der Waals surface area contributed by atoms with Gasteiger partial charge in [-0.3, -0.25) is 4.79 Å². The first-order valence-electron chi connectivity index (χ1n) is 2.68. The number of ether oxygens (including phenoxy) is 1. The van der Waals surface area contributed by atoms with Gasteiger partial charge in [-0.1, -0.05) is 6.92 Å². The number of hydrogen-bond acceptors (Lipinski definition) is 2. The summed E-state index contributed by atoms with van der Waals surface area (Å²) >= 11 is 0. The highest BCUT2D eigenvalue weighted by atomic mass is 19.4. The maximum absolute atomic E-state index is 11.3. The monoisotopic (exact) mass is 156 g/mol. The van der Waals surface area contributed by atoms with Gasteiger partial charge >= 0.3 is 12.1 Å². The van der Waals surface area contributed by atoms with E-state index in [9.17, 15) is 18.0 Å². The van der Waals surface area contributed by atoms with Crippen LogP contribution >= 0.6 is 0 Å². The topological polar surface area (TPSA) is 26.3 Å². The van der Waals surface area contributed by atoms with Crippen molar-refractivity contribution in [2.45, 2.75) is 19.5 Å². The lowest BCUT2D eigenvalue weighted by Crippen LogP contribution is -2.19. The standard InChI is InChI=1S/C5H7F3O2/c1-2-4(9)10-3-5(6,7)8/h2-3H2,1H3. The van der Waals surface area contributed by atoms with Crippen LogP contribution < -0.4 is 0 Å². The third kappa shape index (κ3) is 5.40. The lowest BCUT2D eigenvalue weighted by molar-refractivity contribution is -0.186. The first-order chi connectivity index (χ1) is 4.45. The van der Waals surface area contributed by atoms with Gasteiger partial charge in [-0.25, -0.2) is 0 Å². The molecular weight excluding hydrogens is 149 g/mol. The summed E-state index contributed by atoms with van der Waals surface area (Å²) in [6.45, 7) is -0.0572. The SMILES string of the molecule is CCC(=O)OCC(F)(F)F. The summed E-state index contributed by atoms with van der Waals surface area (Å²) in [5.41, 5.74) is 0. The molecule has 0 aliphatic rings. The van der Waals surface area contributed by atoms with Crippen molar-refractivity contribution < 1.29 is 22.7 Å². The average Bonchev–Trinajstić information content (AvgIpc) is 1.81. The molecule has 0 fully saturated rings. The lowest BCUT2D eigenvalue weighted by atomic mass is 10.5. The minimum atomic E-state index is -4.41. The van der Waals surface area contributed by atoms with Gasteiger partial charge < -0.3 is 4.74 Å². The van der Waals surface area contributed by atoms with Crippen molar-refractivity contribution in [1.82, 2.24) is 0 Å². The molecule has 5 heteroatoms. The second-order valence-electron chi connectivity index (χ2n) is 1.63.